The van der Waals surface area contributed by atoms with Crippen LogP contribution in [0.2, 0.25) is 0 Å². The summed E-state index contributed by atoms with van der Waals surface area (Å²) in [4.78, 5) is 12.6. The lowest BCUT2D eigenvalue weighted by molar-refractivity contribution is 1.35. The number of hydrogen-bond donors (Lipinski definition) is 1. The van der Waals surface area contributed by atoms with Gasteiger partial charge < -0.3 is 5.32 Å². The quantitative estimate of drug-likeness (QED) is 0.574. The van der Waals surface area contributed by atoms with Crippen LogP contribution in [-0.4, -0.2) is 6.54 Å². The van der Waals surface area contributed by atoms with Crippen molar-refractivity contribution in [2.24, 2.45) is 0 Å². The molecule has 1 heterocycles. The third kappa shape index (κ3) is 2.02. The molecule has 1 aromatic heterocycles. The maximum Gasteiger partial charge on any atom is 0.197 e. The van der Waals surface area contributed by atoms with Crippen molar-refractivity contribution in [1.82, 2.24) is 0 Å². The van der Waals surface area contributed by atoms with Crippen molar-refractivity contribution in [3.63, 3.8) is 0 Å². The Morgan fingerprint density at radius 2 is 1.89 bits per heavy atom. The average molecular weight is 267 g/mol. The maximum absolute atomic E-state index is 12.6. The number of hydrogen-bond acceptors (Lipinski definition) is 3. The molecule has 19 heavy (non-hydrogen) atoms. The fourth-order valence-electron chi connectivity index (χ4n) is 2.18. The van der Waals surface area contributed by atoms with Gasteiger partial charge in [-0.2, -0.15) is 0 Å². The molecule has 94 valence electrons. The minimum Gasteiger partial charge on any atom is -0.381 e. The van der Waals surface area contributed by atoms with Crippen LogP contribution in [0.3, 0.4) is 0 Å². The lowest BCUT2D eigenvalue weighted by Crippen LogP contribution is -2.06. The Balaban J connectivity index is 2.38. The zero-order chi connectivity index (χ0) is 13.2. The average Bonchev–Trinajstić information content (AvgIpc) is 2.45. The molecule has 0 unspecified atom stereocenters. The molecule has 0 spiro atoms. The van der Waals surface area contributed by atoms with E-state index in [1.54, 1.807) is 17.4 Å². The van der Waals surface area contributed by atoms with E-state index in [-0.39, 0.29) is 5.43 Å². The van der Waals surface area contributed by atoms with Crippen molar-refractivity contribution in [1.29, 1.82) is 0 Å². The Bertz CT molecular complexity index is 820. The van der Waals surface area contributed by atoms with Crippen molar-refractivity contribution >= 4 is 37.2 Å². The summed E-state index contributed by atoms with van der Waals surface area (Å²) in [7, 11) is 0. The Morgan fingerprint density at radius 3 is 2.74 bits per heavy atom. The van der Waals surface area contributed by atoms with Gasteiger partial charge in [0.2, 0.25) is 0 Å². The summed E-state index contributed by atoms with van der Waals surface area (Å²) in [5.41, 5.74) is 0.973. The zero-order valence-corrected chi connectivity index (χ0v) is 11.2. The van der Waals surface area contributed by atoms with Gasteiger partial charge in [-0.1, -0.05) is 24.3 Å². The van der Waals surface area contributed by atoms with E-state index in [4.69, 9.17) is 0 Å². The normalized spacial score (nSPS) is 10.7. The molecule has 3 heteroatoms. The molecule has 0 saturated heterocycles. The predicted octanol–water partition coefficient (Wildman–Crippen LogP) is 4.01. The number of fused-ring (bicyclic) bond motifs is 2. The summed E-state index contributed by atoms with van der Waals surface area (Å²) in [6.45, 7) is 4.34. The molecule has 0 saturated carbocycles. The van der Waals surface area contributed by atoms with Gasteiger partial charge in [0.25, 0.3) is 0 Å². The fraction of sp³-hybridized carbons (Fsp3) is 0.0625. The first kappa shape index (κ1) is 11.9. The summed E-state index contributed by atoms with van der Waals surface area (Å²) in [5.74, 6) is 0. The topological polar surface area (TPSA) is 29.1 Å². The molecule has 0 atom stereocenters. The Kier molecular flexibility index (Phi) is 3.05. The first-order valence-electron chi connectivity index (χ1n) is 6.10. The van der Waals surface area contributed by atoms with Crippen LogP contribution in [0, 0.1) is 0 Å². The SMILES string of the molecule is C=CCNc1cccc2sc3ccccc3c(=O)c12. The van der Waals surface area contributed by atoms with Crippen LogP contribution in [0.25, 0.3) is 20.2 Å². The first-order valence-corrected chi connectivity index (χ1v) is 6.92. The van der Waals surface area contributed by atoms with E-state index in [1.807, 2.05) is 42.5 Å². The molecule has 0 aliphatic heterocycles. The second kappa shape index (κ2) is 4.86. The van der Waals surface area contributed by atoms with Crippen LogP contribution in [0.15, 0.2) is 59.9 Å². The summed E-state index contributed by atoms with van der Waals surface area (Å²) in [5, 5.41) is 4.79. The Labute approximate surface area is 115 Å². The standard InChI is InChI=1S/C16H13NOS/c1-2-10-17-12-7-5-9-14-15(12)16(18)11-6-3-4-8-13(11)19-14/h2-9,17H,1,10H2. The van der Waals surface area contributed by atoms with Crippen molar-refractivity contribution < 1.29 is 0 Å². The predicted molar refractivity (Wildman–Crippen MR) is 84.3 cm³/mol. The third-order valence-electron chi connectivity index (χ3n) is 3.04. The van der Waals surface area contributed by atoms with Gasteiger partial charge in [-0.25, -0.2) is 0 Å². The highest BCUT2D eigenvalue weighted by Crippen LogP contribution is 2.28. The van der Waals surface area contributed by atoms with Crippen LogP contribution < -0.4 is 10.7 Å². The summed E-state index contributed by atoms with van der Waals surface area (Å²) in [6.07, 6.45) is 1.79. The largest absolute Gasteiger partial charge is 0.381 e. The van der Waals surface area contributed by atoms with Crippen LogP contribution in [-0.2, 0) is 0 Å². The lowest BCUT2D eigenvalue weighted by atomic mass is 10.1. The molecule has 3 rings (SSSR count). The van der Waals surface area contributed by atoms with E-state index in [9.17, 15) is 4.79 Å². The van der Waals surface area contributed by atoms with Gasteiger partial charge in [0.15, 0.2) is 5.43 Å². The van der Waals surface area contributed by atoms with Gasteiger partial charge in [0.1, 0.15) is 0 Å². The highest BCUT2D eigenvalue weighted by atomic mass is 32.1. The number of benzene rings is 2. The summed E-state index contributed by atoms with van der Waals surface area (Å²) >= 11 is 1.65. The Morgan fingerprint density at radius 1 is 1.11 bits per heavy atom. The van der Waals surface area contributed by atoms with Crippen molar-refractivity contribution in [3.05, 3.63) is 65.3 Å². The number of rotatable bonds is 3. The zero-order valence-electron chi connectivity index (χ0n) is 10.3. The van der Waals surface area contributed by atoms with Crippen LogP contribution in [0.1, 0.15) is 0 Å². The third-order valence-corrected chi connectivity index (χ3v) is 4.18. The molecule has 1 N–H and O–H groups in total. The highest BCUT2D eigenvalue weighted by molar-refractivity contribution is 7.24. The molecule has 3 aromatic rings. The van der Waals surface area contributed by atoms with E-state index >= 15 is 0 Å². The molecule has 2 nitrogen and oxygen atoms in total. The smallest absolute Gasteiger partial charge is 0.197 e. The minimum atomic E-state index is 0.0940. The second-order valence-electron chi connectivity index (χ2n) is 4.28. The molecular formula is C16H13NOS. The van der Waals surface area contributed by atoms with E-state index in [1.165, 1.54) is 0 Å². The van der Waals surface area contributed by atoms with Crippen LogP contribution in [0.5, 0.6) is 0 Å². The number of nitrogens with one attached hydrogen (secondary N) is 1. The van der Waals surface area contributed by atoms with Crippen molar-refractivity contribution in [3.8, 4) is 0 Å². The van der Waals surface area contributed by atoms with Gasteiger partial charge in [-0.05, 0) is 24.3 Å². The summed E-state index contributed by atoms with van der Waals surface area (Å²) in [6, 6.07) is 13.6. The van der Waals surface area contributed by atoms with Crippen LogP contribution >= 0.6 is 11.3 Å². The monoisotopic (exact) mass is 267 g/mol. The van der Waals surface area contributed by atoms with E-state index < -0.39 is 0 Å². The molecule has 0 radical (unpaired) electrons. The van der Waals surface area contributed by atoms with Gasteiger partial charge in [-0.3, -0.25) is 4.79 Å². The molecule has 0 bridgehead atoms. The maximum atomic E-state index is 12.6. The van der Waals surface area contributed by atoms with Gasteiger partial charge in [-0.15, -0.1) is 17.9 Å². The molecule has 0 amide bonds. The first-order chi connectivity index (χ1) is 9.31. The Hall–Kier alpha value is -2.13. The van der Waals surface area contributed by atoms with E-state index in [2.05, 4.69) is 11.9 Å². The molecular weight excluding hydrogens is 254 g/mol. The number of anilines is 1. The van der Waals surface area contributed by atoms with Crippen molar-refractivity contribution in [2.45, 2.75) is 0 Å². The fourth-order valence-corrected chi connectivity index (χ4v) is 3.28. The lowest BCUT2D eigenvalue weighted by Gasteiger charge is -2.08. The van der Waals surface area contributed by atoms with Gasteiger partial charge >= 0.3 is 0 Å². The molecule has 0 aliphatic carbocycles. The van der Waals surface area contributed by atoms with Crippen LogP contribution in [0.4, 0.5) is 5.69 Å². The molecule has 0 fully saturated rings. The molecule has 2 aromatic carbocycles. The van der Waals surface area contributed by atoms with E-state index in [0.29, 0.717) is 6.54 Å². The van der Waals surface area contributed by atoms with Crippen molar-refractivity contribution in [2.75, 3.05) is 11.9 Å². The minimum absolute atomic E-state index is 0.0940. The van der Waals surface area contributed by atoms with E-state index in [0.717, 1.165) is 25.9 Å². The van der Waals surface area contributed by atoms with Gasteiger partial charge in [0.05, 0.1) is 5.39 Å². The summed E-state index contributed by atoms with van der Waals surface area (Å²) < 4.78 is 2.04. The highest BCUT2D eigenvalue weighted by Gasteiger charge is 2.08. The molecule has 0 aliphatic rings. The van der Waals surface area contributed by atoms with Gasteiger partial charge in [0, 0.05) is 27.0 Å². The second-order valence-corrected chi connectivity index (χ2v) is 5.36.